The average Bonchev–Trinajstić information content (AvgIpc) is 3.32. The quantitative estimate of drug-likeness (QED) is 0.448. The van der Waals surface area contributed by atoms with Gasteiger partial charge in [-0.25, -0.2) is 4.79 Å². The Labute approximate surface area is 194 Å². The Morgan fingerprint density at radius 2 is 2.12 bits per heavy atom. The molecule has 2 heterocycles. The van der Waals surface area contributed by atoms with Crippen LogP contribution in [0.2, 0.25) is 0 Å². The van der Waals surface area contributed by atoms with Crippen LogP contribution in [0.25, 0.3) is 10.9 Å². The molecule has 1 aliphatic heterocycles. The molecule has 176 valence electrons. The molecule has 2 aromatic carbocycles. The number of aromatic nitrogens is 1. The first-order chi connectivity index (χ1) is 16.0. The lowest BCUT2D eigenvalue weighted by Gasteiger charge is -2.40. The molecule has 1 fully saturated rings. The summed E-state index contributed by atoms with van der Waals surface area (Å²) in [4.78, 5) is 17.3. The van der Waals surface area contributed by atoms with Gasteiger partial charge in [0.15, 0.2) is 0 Å². The smallest absolute Gasteiger partial charge is 0.335 e. The van der Waals surface area contributed by atoms with Gasteiger partial charge in [0.2, 0.25) is 0 Å². The van der Waals surface area contributed by atoms with Gasteiger partial charge in [-0.15, -0.1) is 0 Å². The van der Waals surface area contributed by atoms with Gasteiger partial charge in [-0.2, -0.15) is 0 Å². The first-order valence-corrected chi connectivity index (χ1v) is 11.5. The molecule has 33 heavy (non-hydrogen) atoms. The van der Waals surface area contributed by atoms with Crippen LogP contribution in [0.3, 0.4) is 0 Å². The van der Waals surface area contributed by atoms with Crippen LogP contribution in [0.5, 0.6) is 5.75 Å². The third-order valence-corrected chi connectivity index (χ3v) is 6.69. The molecule has 1 aromatic heterocycles. The molecule has 0 bridgehead atoms. The normalized spacial score (nSPS) is 19.0. The molecule has 4 rings (SSSR count). The van der Waals surface area contributed by atoms with Crippen LogP contribution >= 0.6 is 0 Å². The molecular weight excluding hydrogens is 418 g/mol. The largest absolute Gasteiger partial charge is 0.496 e. The van der Waals surface area contributed by atoms with E-state index in [1.54, 1.807) is 19.2 Å². The number of H-pyrrole nitrogens is 1. The summed E-state index contributed by atoms with van der Waals surface area (Å²) >= 11 is 0. The minimum Gasteiger partial charge on any atom is -0.496 e. The maximum Gasteiger partial charge on any atom is 0.335 e. The minimum absolute atomic E-state index is 0.0839. The van der Waals surface area contributed by atoms with Gasteiger partial charge in [-0.05, 0) is 62.1 Å². The second-order valence-corrected chi connectivity index (χ2v) is 8.59. The van der Waals surface area contributed by atoms with Gasteiger partial charge in [0.25, 0.3) is 0 Å². The number of methoxy groups -OCH3 is 1. The molecule has 2 atom stereocenters. The number of likely N-dealkylation sites (tertiary alicyclic amines) is 1. The monoisotopic (exact) mass is 451 g/mol. The summed E-state index contributed by atoms with van der Waals surface area (Å²) in [6.45, 7) is 6.41. The number of carbonyl (C=O) groups is 1. The highest BCUT2D eigenvalue weighted by Gasteiger charge is 2.32. The third kappa shape index (κ3) is 4.56. The Balaban J connectivity index is 1.75. The summed E-state index contributed by atoms with van der Waals surface area (Å²) in [6, 6.07) is 9.65. The molecule has 3 aromatic rings. The lowest BCUT2D eigenvalue weighted by atomic mass is 9.90. The van der Waals surface area contributed by atoms with Crippen molar-refractivity contribution in [3.8, 4) is 5.75 Å². The number of ether oxygens (including phenoxy) is 2. The number of benzene rings is 2. The molecule has 0 amide bonds. The zero-order valence-corrected chi connectivity index (χ0v) is 19.8. The van der Waals surface area contributed by atoms with Gasteiger partial charge in [0.05, 0.1) is 18.8 Å². The van der Waals surface area contributed by atoms with E-state index in [0.717, 1.165) is 59.6 Å². The van der Waals surface area contributed by atoms with E-state index in [4.69, 9.17) is 9.47 Å². The van der Waals surface area contributed by atoms with Crippen molar-refractivity contribution in [3.63, 3.8) is 0 Å². The second-order valence-electron chi connectivity index (χ2n) is 8.59. The van der Waals surface area contributed by atoms with E-state index in [9.17, 15) is 9.90 Å². The Hall–Kier alpha value is -3.03. The average molecular weight is 452 g/mol. The van der Waals surface area contributed by atoms with E-state index in [1.807, 2.05) is 26.2 Å². The fourth-order valence-electron chi connectivity index (χ4n) is 5.06. The van der Waals surface area contributed by atoms with Gasteiger partial charge in [-0.1, -0.05) is 6.07 Å². The van der Waals surface area contributed by atoms with Crippen LogP contribution < -0.4 is 10.1 Å². The van der Waals surface area contributed by atoms with Crippen LogP contribution in [0.15, 0.2) is 36.5 Å². The number of nitrogens with zero attached hydrogens (tertiary/aromatic N) is 1. The highest BCUT2D eigenvalue weighted by atomic mass is 16.5. The summed E-state index contributed by atoms with van der Waals surface area (Å²) in [7, 11) is 3.56. The first kappa shape index (κ1) is 23.1. The maximum atomic E-state index is 11.5. The number of aryl methyl sites for hydroxylation is 1. The number of aromatic carboxylic acids is 1. The van der Waals surface area contributed by atoms with Gasteiger partial charge in [-0.3, -0.25) is 4.90 Å². The number of carboxylic acids is 1. The van der Waals surface area contributed by atoms with E-state index in [-0.39, 0.29) is 17.7 Å². The minimum atomic E-state index is -0.926. The summed E-state index contributed by atoms with van der Waals surface area (Å²) in [5.41, 5.74) is 5.65. The van der Waals surface area contributed by atoms with Gasteiger partial charge in [0, 0.05) is 61.1 Å². The fourth-order valence-corrected chi connectivity index (χ4v) is 5.06. The number of anilines is 1. The van der Waals surface area contributed by atoms with Gasteiger partial charge >= 0.3 is 5.97 Å². The number of hydrogen-bond donors (Lipinski definition) is 3. The topological polar surface area (TPSA) is 86.8 Å². The molecule has 0 saturated carbocycles. The summed E-state index contributed by atoms with van der Waals surface area (Å²) in [5.74, 6) is -0.0367. The summed E-state index contributed by atoms with van der Waals surface area (Å²) < 4.78 is 11.8. The maximum absolute atomic E-state index is 11.5. The van der Waals surface area contributed by atoms with Crippen molar-refractivity contribution in [3.05, 3.63) is 58.8 Å². The van der Waals surface area contributed by atoms with Crippen LogP contribution in [0, 0.1) is 6.92 Å². The molecule has 0 aliphatic carbocycles. The van der Waals surface area contributed by atoms with E-state index in [0.29, 0.717) is 6.61 Å². The second kappa shape index (κ2) is 9.85. The van der Waals surface area contributed by atoms with Crippen molar-refractivity contribution >= 4 is 22.6 Å². The van der Waals surface area contributed by atoms with E-state index < -0.39 is 5.97 Å². The predicted octanol–water partition coefficient (Wildman–Crippen LogP) is 4.97. The summed E-state index contributed by atoms with van der Waals surface area (Å²) in [5, 5.41) is 13.8. The summed E-state index contributed by atoms with van der Waals surface area (Å²) in [6.07, 6.45) is 3.95. The number of hydrogen-bond acceptors (Lipinski definition) is 5. The highest BCUT2D eigenvalue weighted by Crippen LogP contribution is 2.40. The van der Waals surface area contributed by atoms with Crippen molar-refractivity contribution in [2.24, 2.45) is 0 Å². The Bertz CT molecular complexity index is 1140. The van der Waals surface area contributed by atoms with Crippen LogP contribution in [-0.2, 0) is 11.3 Å². The van der Waals surface area contributed by atoms with Crippen LogP contribution in [0.1, 0.15) is 52.9 Å². The zero-order valence-electron chi connectivity index (χ0n) is 19.8. The van der Waals surface area contributed by atoms with Crippen molar-refractivity contribution in [1.29, 1.82) is 0 Å². The fraction of sp³-hybridized carbons (Fsp3) is 0.423. The number of nitrogens with one attached hydrogen (secondary N) is 2. The van der Waals surface area contributed by atoms with E-state index >= 15 is 0 Å². The Morgan fingerprint density at radius 1 is 1.30 bits per heavy atom. The lowest BCUT2D eigenvalue weighted by Crippen LogP contribution is -2.39. The SMILES string of the molecule is CCO[C@H]1CCN(Cc2c(OC)cc(C)c3[nH]ccc23)[C@@H](c2ccc(C(=O)O)cc2NC)C1. The molecule has 7 heteroatoms. The van der Waals surface area contributed by atoms with Crippen molar-refractivity contribution in [2.75, 3.05) is 32.6 Å². The molecule has 0 radical (unpaired) electrons. The van der Waals surface area contributed by atoms with Crippen molar-refractivity contribution in [2.45, 2.75) is 45.4 Å². The molecular formula is C26H33N3O4. The van der Waals surface area contributed by atoms with Crippen LogP contribution in [-0.4, -0.2) is 54.4 Å². The van der Waals surface area contributed by atoms with E-state index in [1.165, 1.54) is 5.39 Å². The Morgan fingerprint density at radius 3 is 2.82 bits per heavy atom. The third-order valence-electron chi connectivity index (χ3n) is 6.69. The molecule has 1 aliphatic rings. The molecule has 1 saturated heterocycles. The Kier molecular flexibility index (Phi) is 6.91. The van der Waals surface area contributed by atoms with Crippen molar-refractivity contribution in [1.82, 2.24) is 9.88 Å². The number of piperidine rings is 1. The van der Waals surface area contributed by atoms with Crippen molar-refractivity contribution < 1.29 is 19.4 Å². The predicted molar refractivity (Wildman–Crippen MR) is 130 cm³/mol. The number of aromatic amines is 1. The lowest BCUT2D eigenvalue weighted by molar-refractivity contribution is -0.0136. The number of rotatable bonds is 8. The molecule has 0 unspecified atom stereocenters. The van der Waals surface area contributed by atoms with Crippen LogP contribution in [0.4, 0.5) is 5.69 Å². The number of carboxylic acid groups (broad SMARTS) is 1. The number of fused-ring (bicyclic) bond motifs is 1. The zero-order chi connectivity index (χ0) is 23.5. The molecule has 7 nitrogen and oxygen atoms in total. The first-order valence-electron chi connectivity index (χ1n) is 11.5. The molecule has 3 N–H and O–H groups in total. The van der Waals surface area contributed by atoms with Gasteiger partial charge < -0.3 is 24.9 Å². The highest BCUT2D eigenvalue weighted by molar-refractivity contribution is 5.89. The standard InChI is InChI=1S/C26H33N3O4/c1-5-33-18-9-11-29(15-21-19-8-10-28-25(19)16(2)12-24(21)32-4)23(14-18)20-7-6-17(26(30)31)13-22(20)27-3/h6-8,10,12-13,18,23,27-28H,5,9,11,14-15H2,1-4H3,(H,30,31)/t18-,23+/m0/s1. The van der Waals surface area contributed by atoms with Gasteiger partial charge in [0.1, 0.15) is 5.75 Å². The molecule has 0 spiro atoms. The van der Waals surface area contributed by atoms with E-state index in [2.05, 4.69) is 34.3 Å².